The number of hydrogen-bond acceptors (Lipinski definition) is 2. The third kappa shape index (κ3) is 4.42. The first kappa shape index (κ1) is 18.3. The number of hydrogen-bond donors (Lipinski definition) is 1. The number of rotatable bonds is 5. The average molecular weight is 366 g/mol. The van der Waals surface area contributed by atoms with Gasteiger partial charge in [0.1, 0.15) is 0 Å². The molecule has 1 aromatic heterocycles. The maximum absolute atomic E-state index is 13.1. The van der Waals surface area contributed by atoms with Crippen LogP contribution in [0.4, 0.5) is 0 Å². The van der Waals surface area contributed by atoms with E-state index in [4.69, 9.17) is 0 Å². The van der Waals surface area contributed by atoms with Crippen LogP contribution in [0.3, 0.4) is 0 Å². The fraction of sp³-hybridized carbons (Fsp3) is 0.565. The van der Waals surface area contributed by atoms with Gasteiger partial charge in [0.25, 0.3) is 0 Å². The summed E-state index contributed by atoms with van der Waals surface area (Å²) in [7, 11) is 0. The molecule has 1 unspecified atom stereocenters. The third-order valence-corrected chi connectivity index (χ3v) is 6.65. The number of H-pyrrole nitrogens is 1. The van der Waals surface area contributed by atoms with E-state index in [0.29, 0.717) is 30.1 Å². The summed E-state index contributed by atoms with van der Waals surface area (Å²) in [5.41, 5.74) is 2.57. The van der Waals surface area contributed by atoms with Crippen molar-refractivity contribution in [1.82, 2.24) is 14.9 Å². The van der Waals surface area contributed by atoms with Gasteiger partial charge in [-0.15, -0.1) is 0 Å². The molecule has 2 aromatic rings. The van der Waals surface area contributed by atoms with E-state index in [-0.39, 0.29) is 0 Å². The van der Waals surface area contributed by atoms with E-state index in [0.717, 1.165) is 25.9 Å². The first-order valence-corrected chi connectivity index (χ1v) is 10.6. The first-order valence-electron chi connectivity index (χ1n) is 10.6. The van der Waals surface area contributed by atoms with Gasteiger partial charge in [-0.25, -0.2) is 4.98 Å². The number of amides is 1. The van der Waals surface area contributed by atoms with E-state index in [1.165, 1.54) is 43.4 Å². The molecule has 2 heterocycles. The minimum Gasteiger partial charge on any atom is -0.348 e. The Balaban J connectivity index is 1.39. The highest BCUT2D eigenvalue weighted by Gasteiger charge is 2.30. The largest absolute Gasteiger partial charge is 0.348 e. The Morgan fingerprint density at radius 2 is 1.81 bits per heavy atom. The first-order chi connectivity index (χ1) is 13.3. The van der Waals surface area contributed by atoms with Crippen LogP contribution in [0.2, 0.25) is 0 Å². The molecule has 4 heteroatoms. The molecule has 1 saturated heterocycles. The molecule has 1 aliphatic carbocycles. The van der Waals surface area contributed by atoms with Gasteiger partial charge in [-0.05, 0) is 43.1 Å². The molecule has 144 valence electrons. The summed E-state index contributed by atoms with van der Waals surface area (Å²) in [5.74, 6) is 1.90. The minimum atomic E-state index is 0.345. The molecule has 1 N–H and O–H groups in total. The van der Waals surface area contributed by atoms with Crippen LogP contribution >= 0.6 is 0 Å². The van der Waals surface area contributed by atoms with E-state index in [1.807, 2.05) is 6.20 Å². The second-order valence-corrected chi connectivity index (χ2v) is 8.28. The van der Waals surface area contributed by atoms with E-state index in [9.17, 15) is 4.79 Å². The highest BCUT2D eigenvalue weighted by atomic mass is 16.2. The SMILES string of the molecule is O=C(CC(c1ccccc1)C1CCCCC1)N1CCC(c2cnc[nH]2)CC1. The number of carbonyl (C=O) groups is 1. The summed E-state index contributed by atoms with van der Waals surface area (Å²) in [5, 5.41) is 0. The van der Waals surface area contributed by atoms with Gasteiger partial charge in [0.05, 0.1) is 6.33 Å². The molecule has 2 aliphatic rings. The number of benzene rings is 1. The van der Waals surface area contributed by atoms with Gasteiger partial charge in [0, 0.05) is 37.3 Å². The molecule has 0 bridgehead atoms. The summed E-state index contributed by atoms with van der Waals surface area (Å²) >= 11 is 0. The van der Waals surface area contributed by atoms with Crippen molar-refractivity contribution in [3.05, 3.63) is 54.1 Å². The van der Waals surface area contributed by atoms with Crippen molar-refractivity contribution in [3.8, 4) is 0 Å². The van der Waals surface area contributed by atoms with E-state index < -0.39 is 0 Å². The zero-order valence-electron chi connectivity index (χ0n) is 16.1. The smallest absolute Gasteiger partial charge is 0.223 e. The van der Waals surface area contributed by atoms with Crippen molar-refractivity contribution in [2.24, 2.45) is 5.92 Å². The molecule has 1 saturated carbocycles. The van der Waals surface area contributed by atoms with Crippen LogP contribution in [-0.4, -0.2) is 33.9 Å². The van der Waals surface area contributed by atoms with Gasteiger partial charge >= 0.3 is 0 Å². The van der Waals surface area contributed by atoms with Crippen molar-refractivity contribution in [3.63, 3.8) is 0 Å². The van der Waals surface area contributed by atoms with Gasteiger partial charge in [-0.3, -0.25) is 4.79 Å². The number of nitrogens with zero attached hydrogens (tertiary/aromatic N) is 2. The van der Waals surface area contributed by atoms with Gasteiger partial charge in [0.2, 0.25) is 5.91 Å². The monoisotopic (exact) mass is 365 g/mol. The molecule has 0 spiro atoms. The van der Waals surface area contributed by atoms with E-state index in [1.54, 1.807) is 6.33 Å². The summed E-state index contributed by atoms with van der Waals surface area (Å²) in [4.78, 5) is 22.6. The molecule has 27 heavy (non-hydrogen) atoms. The van der Waals surface area contributed by atoms with Crippen LogP contribution in [-0.2, 0) is 4.79 Å². The second kappa shape index (κ2) is 8.73. The Bertz CT molecular complexity index is 698. The predicted octanol–water partition coefficient (Wildman–Crippen LogP) is 4.87. The van der Waals surface area contributed by atoms with Crippen LogP contribution in [0.15, 0.2) is 42.9 Å². The number of aromatic amines is 1. The number of carbonyl (C=O) groups excluding carboxylic acids is 1. The molecule has 2 fully saturated rings. The highest BCUT2D eigenvalue weighted by Crippen LogP contribution is 2.39. The highest BCUT2D eigenvalue weighted by molar-refractivity contribution is 5.77. The Hall–Kier alpha value is -2.10. The molecule has 4 nitrogen and oxygen atoms in total. The number of piperidine rings is 1. The lowest BCUT2D eigenvalue weighted by Gasteiger charge is -2.35. The van der Waals surface area contributed by atoms with Crippen LogP contribution in [0.1, 0.15) is 74.5 Å². The molecule has 4 rings (SSSR count). The predicted molar refractivity (Wildman–Crippen MR) is 108 cm³/mol. The van der Waals surface area contributed by atoms with E-state index in [2.05, 4.69) is 45.2 Å². The summed E-state index contributed by atoms with van der Waals surface area (Å²) < 4.78 is 0. The van der Waals surface area contributed by atoms with E-state index >= 15 is 0 Å². The standard InChI is InChI=1S/C23H31N3O/c27-23(26-13-11-20(12-14-26)22-16-24-17-25-22)15-21(18-7-3-1-4-8-18)19-9-5-2-6-10-19/h1,3-4,7-8,16-17,19-21H,2,5-6,9-15H2,(H,24,25). The van der Waals surface area contributed by atoms with Gasteiger partial charge < -0.3 is 9.88 Å². The Morgan fingerprint density at radius 1 is 1.07 bits per heavy atom. The average Bonchev–Trinajstić information content (AvgIpc) is 3.28. The number of nitrogens with one attached hydrogen (secondary N) is 1. The van der Waals surface area contributed by atoms with Crippen LogP contribution in [0.25, 0.3) is 0 Å². The molecule has 1 aromatic carbocycles. The lowest BCUT2D eigenvalue weighted by molar-refractivity contribution is -0.133. The summed E-state index contributed by atoms with van der Waals surface area (Å²) in [6.07, 6.45) is 13.0. The third-order valence-electron chi connectivity index (χ3n) is 6.65. The molecular weight excluding hydrogens is 334 g/mol. The number of imidazole rings is 1. The normalized spacial score (nSPS) is 20.5. The van der Waals surface area contributed by atoms with Crippen molar-refractivity contribution in [1.29, 1.82) is 0 Å². The molecule has 1 amide bonds. The molecule has 1 aliphatic heterocycles. The number of aromatic nitrogens is 2. The fourth-order valence-electron chi connectivity index (χ4n) is 5.04. The topological polar surface area (TPSA) is 49.0 Å². The maximum atomic E-state index is 13.1. The lowest BCUT2D eigenvalue weighted by atomic mass is 9.75. The fourth-order valence-corrected chi connectivity index (χ4v) is 5.04. The zero-order chi connectivity index (χ0) is 18.5. The van der Waals surface area contributed by atoms with Crippen molar-refractivity contribution in [2.75, 3.05) is 13.1 Å². The van der Waals surface area contributed by atoms with Gasteiger partial charge in [-0.2, -0.15) is 0 Å². The maximum Gasteiger partial charge on any atom is 0.223 e. The van der Waals surface area contributed by atoms with Crippen molar-refractivity contribution < 1.29 is 4.79 Å². The molecule has 1 atom stereocenters. The van der Waals surface area contributed by atoms with Crippen LogP contribution < -0.4 is 0 Å². The minimum absolute atomic E-state index is 0.345. The summed E-state index contributed by atoms with van der Waals surface area (Å²) in [6.45, 7) is 1.74. The Labute approximate surface area is 162 Å². The second-order valence-electron chi connectivity index (χ2n) is 8.28. The van der Waals surface area contributed by atoms with Crippen LogP contribution in [0, 0.1) is 5.92 Å². The number of likely N-dealkylation sites (tertiary alicyclic amines) is 1. The Morgan fingerprint density at radius 3 is 2.48 bits per heavy atom. The van der Waals surface area contributed by atoms with Gasteiger partial charge in [-0.1, -0.05) is 49.6 Å². The quantitative estimate of drug-likeness (QED) is 0.822. The van der Waals surface area contributed by atoms with Crippen molar-refractivity contribution in [2.45, 2.75) is 63.2 Å². The molecule has 0 radical (unpaired) electrons. The van der Waals surface area contributed by atoms with Crippen LogP contribution in [0.5, 0.6) is 0 Å². The summed E-state index contributed by atoms with van der Waals surface area (Å²) in [6, 6.07) is 10.7. The Kier molecular flexibility index (Phi) is 5.90. The lowest BCUT2D eigenvalue weighted by Crippen LogP contribution is -2.39. The van der Waals surface area contributed by atoms with Gasteiger partial charge in [0.15, 0.2) is 0 Å². The molecular formula is C23H31N3O. The zero-order valence-corrected chi connectivity index (χ0v) is 16.1. The van der Waals surface area contributed by atoms with Crippen molar-refractivity contribution >= 4 is 5.91 Å².